The largest absolute Gasteiger partial charge is 0.465 e. The third-order valence-corrected chi connectivity index (χ3v) is 3.39. The molecule has 0 aliphatic carbocycles. The van der Waals surface area contributed by atoms with Crippen LogP contribution < -0.4 is 0 Å². The van der Waals surface area contributed by atoms with E-state index < -0.39 is 10.9 Å². The van der Waals surface area contributed by atoms with Crippen LogP contribution in [0.4, 0.5) is 5.00 Å². The van der Waals surface area contributed by atoms with E-state index in [2.05, 4.69) is 4.98 Å². The number of esters is 1. The van der Waals surface area contributed by atoms with Crippen molar-refractivity contribution in [1.29, 1.82) is 0 Å². The lowest BCUT2D eigenvalue weighted by Crippen LogP contribution is -2.03. The van der Waals surface area contributed by atoms with E-state index in [0.717, 1.165) is 11.3 Å². The quantitative estimate of drug-likeness (QED) is 0.374. The first-order chi connectivity index (χ1) is 9.61. The molecule has 6 nitrogen and oxygen atoms in total. The van der Waals surface area contributed by atoms with Crippen LogP contribution in [-0.4, -0.2) is 23.0 Å². The van der Waals surface area contributed by atoms with Gasteiger partial charge in [0.1, 0.15) is 0 Å². The number of ether oxygens (including phenoxy) is 1. The van der Waals surface area contributed by atoms with E-state index in [1.807, 2.05) is 0 Å². The van der Waals surface area contributed by atoms with Crippen molar-refractivity contribution in [3.05, 3.63) is 57.2 Å². The van der Waals surface area contributed by atoms with Crippen LogP contribution in [0.25, 0.3) is 11.6 Å². The lowest BCUT2D eigenvalue weighted by molar-refractivity contribution is -0.380. The molecule has 0 aromatic carbocycles. The first kappa shape index (κ1) is 13.9. The Hall–Kier alpha value is -2.54. The zero-order valence-electron chi connectivity index (χ0n) is 10.5. The van der Waals surface area contributed by atoms with Crippen LogP contribution in [0, 0.1) is 10.1 Å². The van der Waals surface area contributed by atoms with E-state index in [0.29, 0.717) is 16.7 Å². The molecule has 0 amide bonds. The fraction of sp³-hybridized carbons (Fsp3) is 0.0769. The van der Waals surface area contributed by atoms with E-state index in [1.54, 1.807) is 36.0 Å². The second kappa shape index (κ2) is 6.07. The normalized spacial score (nSPS) is 11.2. The molecule has 2 heterocycles. The number of nitrogens with zero attached hydrogens (tertiary/aromatic N) is 2. The average Bonchev–Trinajstić information content (AvgIpc) is 2.94. The molecule has 0 atom stereocenters. The molecular formula is C13H10N2O4S. The van der Waals surface area contributed by atoms with E-state index >= 15 is 0 Å². The monoisotopic (exact) mass is 290 g/mol. The molecule has 2 rings (SSSR count). The summed E-state index contributed by atoms with van der Waals surface area (Å²) >= 11 is 1.01. The highest BCUT2D eigenvalue weighted by atomic mass is 32.1. The predicted molar refractivity (Wildman–Crippen MR) is 75.1 cm³/mol. The zero-order chi connectivity index (χ0) is 14.5. The number of thiophene rings is 1. The van der Waals surface area contributed by atoms with E-state index in [9.17, 15) is 14.9 Å². The van der Waals surface area contributed by atoms with Crippen molar-refractivity contribution in [1.82, 2.24) is 4.98 Å². The van der Waals surface area contributed by atoms with Crippen molar-refractivity contribution < 1.29 is 14.5 Å². The second-order valence-corrected chi connectivity index (χ2v) is 4.65. The Balaban J connectivity index is 2.43. The minimum Gasteiger partial charge on any atom is -0.465 e. The van der Waals surface area contributed by atoms with Crippen LogP contribution in [0.3, 0.4) is 0 Å². The molecule has 0 unspecified atom stereocenters. The van der Waals surface area contributed by atoms with Gasteiger partial charge in [-0.2, -0.15) is 0 Å². The van der Waals surface area contributed by atoms with Crippen molar-refractivity contribution in [2.24, 2.45) is 0 Å². The van der Waals surface area contributed by atoms with Crippen molar-refractivity contribution in [3.8, 4) is 0 Å². The van der Waals surface area contributed by atoms with Gasteiger partial charge in [-0.25, -0.2) is 4.79 Å². The summed E-state index contributed by atoms with van der Waals surface area (Å²) in [5.74, 6) is -0.509. The fourth-order valence-electron chi connectivity index (χ4n) is 1.58. The lowest BCUT2D eigenvalue weighted by atomic mass is 10.1. The Labute approximate surface area is 118 Å². The van der Waals surface area contributed by atoms with Crippen LogP contribution in [-0.2, 0) is 9.53 Å². The van der Waals surface area contributed by atoms with Crippen molar-refractivity contribution in [2.45, 2.75) is 0 Å². The molecule has 2 aromatic heterocycles. The molecule has 0 saturated carbocycles. The summed E-state index contributed by atoms with van der Waals surface area (Å²) in [5, 5.41) is 12.3. The number of methoxy groups -OCH3 is 1. The second-order valence-electron chi connectivity index (χ2n) is 3.76. The van der Waals surface area contributed by atoms with Gasteiger partial charge in [0, 0.05) is 23.8 Å². The van der Waals surface area contributed by atoms with Gasteiger partial charge >= 0.3 is 11.0 Å². The summed E-state index contributed by atoms with van der Waals surface area (Å²) in [5.41, 5.74) is 1.54. The highest BCUT2D eigenvalue weighted by molar-refractivity contribution is 7.13. The minimum absolute atomic E-state index is 0.0233. The van der Waals surface area contributed by atoms with E-state index in [-0.39, 0.29) is 5.00 Å². The van der Waals surface area contributed by atoms with E-state index in [1.165, 1.54) is 13.2 Å². The summed E-state index contributed by atoms with van der Waals surface area (Å²) < 4.78 is 4.74. The van der Waals surface area contributed by atoms with E-state index in [4.69, 9.17) is 4.74 Å². The topological polar surface area (TPSA) is 82.3 Å². The third-order valence-electron chi connectivity index (χ3n) is 2.49. The molecule has 0 aliphatic rings. The fourth-order valence-corrected chi connectivity index (χ4v) is 2.26. The molecule has 0 bridgehead atoms. The van der Waals surface area contributed by atoms with Crippen molar-refractivity contribution in [3.63, 3.8) is 0 Å². The first-order valence-corrected chi connectivity index (χ1v) is 6.43. The van der Waals surface area contributed by atoms with Crippen LogP contribution in [0.5, 0.6) is 0 Å². The Morgan fingerprint density at radius 2 is 2.15 bits per heavy atom. The maximum Gasteiger partial charge on any atom is 0.338 e. The highest BCUT2D eigenvalue weighted by Crippen LogP contribution is 2.26. The van der Waals surface area contributed by atoms with Gasteiger partial charge in [0.2, 0.25) is 0 Å². The summed E-state index contributed by atoms with van der Waals surface area (Å²) in [6, 6.07) is 4.75. The summed E-state index contributed by atoms with van der Waals surface area (Å²) in [7, 11) is 1.29. The van der Waals surface area contributed by atoms with Gasteiger partial charge in [-0.1, -0.05) is 11.3 Å². The number of aromatic nitrogens is 1. The van der Waals surface area contributed by atoms with Gasteiger partial charge in [-0.15, -0.1) is 0 Å². The number of carbonyl (C=O) groups is 1. The Bertz CT molecular complexity index is 664. The van der Waals surface area contributed by atoms with Gasteiger partial charge in [-0.05, 0) is 29.3 Å². The van der Waals surface area contributed by atoms with Gasteiger partial charge in [-0.3, -0.25) is 15.1 Å². The average molecular weight is 290 g/mol. The number of hydrogen-bond donors (Lipinski definition) is 0. The maximum atomic E-state index is 11.8. The Kier molecular flexibility index (Phi) is 4.21. The smallest absolute Gasteiger partial charge is 0.338 e. The molecule has 0 radical (unpaired) electrons. The number of pyridine rings is 1. The summed E-state index contributed by atoms with van der Waals surface area (Å²) in [6.07, 6.45) is 4.68. The molecule has 0 fully saturated rings. The maximum absolute atomic E-state index is 11.8. The van der Waals surface area contributed by atoms with Crippen molar-refractivity contribution in [2.75, 3.05) is 7.11 Å². The number of nitro groups is 1. The molecule has 102 valence electrons. The number of carbonyl (C=O) groups excluding carboxylic acids is 1. The van der Waals surface area contributed by atoms with Gasteiger partial charge in [0.15, 0.2) is 0 Å². The molecule has 0 N–H and O–H groups in total. The molecule has 0 aliphatic heterocycles. The number of rotatable bonds is 4. The molecule has 20 heavy (non-hydrogen) atoms. The summed E-state index contributed by atoms with van der Waals surface area (Å²) in [4.78, 5) is 25.9. The molecular weight excluding hydrogens is 280 g/mol. The molecule has 0 saturated heterocycles. The number of hydrogen-bond acceptors (Lipinski definition) is 6. The SMILES string of the molecule is COC(=O)C(=Cc1csc([N+](=O)[O-])c1)c1ccncc1. The Morgan fingerprint density at radius 1 is 1.45 bits per heavy atom. The lowest BCUT2D eigenvalue weighted by Gasteiger charge is -2.04. The third kappa shape index (κ3) is 3.07. The van der Waals surface area contributed by atoms with Crippen LogP contribution in [0.1, 0.15) is 11.1 Å². The van der Waals surface area contributed by atoms with Crippen LogP contribution in [0.2, 0.25) is 0 Å². The first-order valence-electron chi connectivity index (χ1n) is 5.55. The van der Waals surface area contributed by atoms with Gasteiger partial charge < -0.3 is 4.74 Å². The Morgan fingerprint density at radius 3 is 2.70 bits per heavy atom. The molecule has 0 spiro atoms. The van der Waals surface area contributed by atoms with Crippen molar-refractivity contribution >= 4 is 34.0 Å². The molecule has 7 heteroatoms. The summed E-state index contributed by atoms with van der Waals surface area (Å²) in [6.45, 7) is 0. The predicted octanol–water partition coefficient (Wildman–Crippen LogP) is 2.76. The van der Waals surface area contributed by atoms with Gasteiger partial charge in [0.25, 0.3) is 0 Å². The minimum atomic E-state index is -0.509. The molecule has 2 aromatic rings. The van der Waals surface area contributed by atoms with Crippen LogP contribution >= 0.6 is 11.3 Å². The highest BCUT2D eigenvalue weighted by Gasteiger charge is 2.14. The standard InChI is InChI=1S/C13H10N2O4S/c1-19-13(16)11(10-2-4-14-5-3-10)6-9-7-12(15(17)18)20-8-9/h2-8H,1H3. The van der Waals surface area contributed by atoms with Crippen LogP contribution in [0.15, 0.2) is 36.0 Å². The van der Waals surface area contributed by atoms with Gasteiger partial charge in [0.05, 0.1) is 17.6 Å². The zero-order valence-corrected chi connectivity index (χ0v) is 11.3.